The van der Waals surface area contributed by atoms with Crippen LogP contribution in [0.4, 0.5) is 0 Å². The minimum absolute atomic E-state index is 0.0699. The zero-order valence-electron chi connectivity index (χ0n) is 15.3. The van der Waals surface area contributed by atoms with Crippen LogP contribution in [0.5, 0.6) is 5.75 Å². The minimum atomic E-state index is -3.82. The molecule has 0 spiro atoms. The minimum Gasteiger partial charge on any atom is -0.467 e. The molecule has 0 amide bonds. The number of aryl methyl sites for hydroxylation is 2. The van der Waals surface area contributed by atoms with Crippen molar-refractivity contribution in [3.63, 3.8) is 0 Å². The van der Waals surface area contributed by atoms with E-state index in [0.717, 1.165) is 16.7 Å². The number of rotatable bonds is 4. The van der Waals surface area contributed by atoms with E-state index in [4.69, 9.17) is 21.1 Å². The molecule has 4 rings (SSSR count). The van der Waals surface area contributed by atoms with Gasteiger partial charge < -0.3 is 9.47 Å². The molecule has 0 fully saturated rings. The lowest BCUT2D eigenvalue weighted by Gasteiger charge is -2.21. The molecular formula is C19H18ClN3O4S. The molecule has 7 nitrogen and oxygen atoms in total. The highest BCUT2D eigenvalue weighted by atomic mass is 35.5. The van der Waals surface area contributed by atoms with Gasteiger partial charge in [-0.1, -0.05) is 29.3 Å². The molecule has 1 aliphatic rings. The molecule has 0 saturated carbocycles. The summed E-state index contributed by atoms with van der Waals surface area (Å²) in [6.07, 6.45) is 1.41. The molecule has 0 aliphatic carbocycles. The number of hydrogen-bond donors (Lipinski definition) is 0. The summed E-state index contributed by atoms with van der Waals surface area (Å²) in [7, 11) is -3.82. The van der Waals surface area contributed by atoms with Crippen molar-refractivity contribution in [3.8, 4) is 11.4 Å². The summed E-state index contributed by atoms with van der Waals surface area (Å²) in [4.78, 5) is 0. The van der Waals surface area contributed by atoms with Gasteiger partial charge in [0.25, 0.3) is 5.16 Å². The van der Waals surface area contributed by atoms with Crippen LogP contribution in [0.25, 0.3) is 5.69 Å². The molecule has 2 aromatic carbocycles. The molecule has 0 atom stereocenters. The molecule has 0 saturated heterocycles. The maximum Gasteiger partial charge on any atom is 0.254 e. The second-order valence-corrected chi connectivity index (χ2v) is 9.02. The van der Waals surface area contributed by atoms with Crippen LogP contribution in [0.15, 0.2) is 41.8 Å². The van der Waals surface area contributed by atoms with Gasteiger partial charge in [-0.05, 0) is 37.6 Å². The van der Waals surface area contributed by atoms with Crippen molar-refractivity contribution in [2.24, 2.45) is 0 Å². The molecule has 1 aromatic heterocycles. The van der Waals surface area contributed by atoms with Crippen molar-refractivity contribution < 1.29 is 17.9 Å². The van der Waals surface area contributed by atoms with E-state index in [9.17, 15) is 8.42 Å². The SMILES string of the molecule is Cc1ccc(-n2cnnc2S(=O)(=O)Cc2cc(Cl)cc3c2OCOC3)c(C)c1. The van der Waals surface area contributed by atoms with E-state index in [1.807, 2.05) is 32.0 Å². The standard InChI is InChI=1S/C19H18ClN3O4S/c1-12-3-4-17(13(2)5-12)23-10-21-22-19(23)28(24,25)9-15-7-16(20)6-14-8-26-11-27-18(14)15/h3-7,10H,8-9,11H2,1-2H3. The van der Waals surface area contributed by atoms with E-state index < -0.39 is 9.84 Å². The van der Waals surface area contributed by atoms with Gasteiger partial charge in [0.05, 0.1) is 18.0 Å². The number of sulfone groups is 1. The first-order valence-corrected chi connectivity index (χ1v) is 10.6. The predicted molar refractivity (Wildman–Crippen MR) is 103 cm³/mol. The van der Waals surface area contributed by atoms with Crippen molar-refractivity contribution in [2.45, 2.75) is 31.4 Å². The maximum absolute atomic E-state index is 13.2. The molecular weight excluding hydrogens is 402 g/mol. The third-order valence-electron chi connectivity index (χ3n) is 4.50. The van der Waals surface area contributed by atoms with Crippen LogP contribution in [0.1, 0.15) is 22.3 Å². The van der Waals surface area contributed by atoms with Crippen LogP contribution in [0.2, 0.25) is 5.02 Å². The van der Waals surface area contributed by atoms with E-state index in [1.54, 1.807) is 12.1 Å². The topological polar surface area (TPSA) is 83.3 Å². The number of aromatic nitrogens is 3. The average Bonchev–Trinajstić information content (AvgIpc) is 3.12. The first kappa shape index (κ1) is 18.9. The summed E-state index contributed by atoms with van der Waals surface area (Å²) in [5.41, 5.74) is 3.92. The molecule has 1 aliphatic heterocycles. The number of hydrogen-bond acceptors (Lipinski definition) is 6. The molecule has 9 heteroatoms. The van der Waals surface area contributed by atoms with E-state index >= 15 is 0 Å². The Morgan fingerprint density at radius 1 is 1.21 bits per heavy atom. The molecule has 0 bridgehead atoms. The van der Waals surface area contributed by atoms with Crippen molar-refractivity contribution in [1.29, 1.82) is 0 Å². The van der Waals surface area contributed by atoms with Gasteiger partial charge in [-0.2, -0.15) is 0 Å². The quantitative estimate of drug-likeness (QED) is 0.644. The average molecular weight is 420 g/mol. The smallest absolute Gasteiger partial charge is 0.254 e. The number of fused-ring (bicyclic) bond motifs is 1. The molecule has 3 aromatic rings. The van der Waals surface area contributed by atoms with Crippen LogP contribution in [-0.2, 0) is 26.9 Å². The lowest BCUT2D eigenvalue weighted by atomic mass is 10.1. The molecule has 146 valence electrons. The Kier molecular flexibility index (Phi) is 4.86. The highest BCUT2D eigenvalue weighted by Crippen LogP contribution is 2.34. The second kappa shape index (κ2) is 7.20. The Bertz CT molecular complexity index is 1160. The van der Waals surface area contributed by atoms with Crippen LogP contribution in [0.3, 0.4) is 0 Å². The third-order valence-corrected chi connectivity index (χ3v) is 6.25. The Morgan fingerprint density at radius 3 is 2.82 bits per heavy atom. The highest BCUT2D eigenvalue weighted by Gasteiger charge is 2.27. The molecule has 0 unspecified atom stereocenters. The van der Waals surface area contributed by atoms with E-state index in [0.29, 0.717) is 28.6 Å². The van der Waals surface area contributed by atoms with Gasteiger partial charge >= 0.3 is 0 Å². The van der Waals surface area contributed by atoms with Gasteiger partial charge in [-0.3, -0.25) is 4.57 Å². The van der Waals surface area contributed by atoms with Crippen LogP contribution in [0, 0.1) is 13.8 Å². The van der Waals surface area contributed by atoms with Gasteiger partial charge in [0.2, 0.25) is 9.84 Å². The predicted octanol–water partition coefficient (Wildman–Crippen LogP) is 3.38. The Labute approximate surface area is 167 Å². The summed E-state index contributed by atoms with van der Waals surface area (Å²) >= 11 is 6.16. The fraction of sp³-hybridized carbons (Fsp3) is 0.263. The fourth-order valence-electron chi connectivity index (χ4n) is 3.31. The zero-order chi connectivity index (χ0) is 19.9. The maximum atomic E-state index is 13.2. The molecule has 0 radical (unpaired) electrons. The van der Waals surface area contributed by atoms with Crippen molar-refractivity contribution >= 4 is 21.4 Å². The number of ether oxygens (including phenoxy) is 2. The molecule has 2 heterocycles. The van der Waals surface area contributed by atoms with Crippen LogP contribution >= 0.6 is 11.6 Å². The van der Waals surface area contributed by atoms with E-state index in [2.05, 4.69) is 10.2 Å². The Balaban J connectivity index is 1.76. The first-order chi connectivity index (χ1) is 13.3. The Morgan fingerprint density at radius 2 is 2.04 bits per heavy atom. The van der Waals surface area contributed by atoms with Gasteiger partial charge in [-0.25, -0.2) is 8.42 Å². The number of benzene rings is 2. The fourth-order valence-corrected chi connectivity index (χ4v) is 4.94. The largest absolute Gasteiger partial charge is 0.467 e. The first-order valence-electron chi connectivity index (χ1n) is 8.57. The number of nitrogens with zero attached hydrogens (tertiary/aromatic N) is 3. The van der Waals surface area contributed by atoms with Gasteiger partial charge in [0.1, 0.15) is 12.1 Å². The summed E-state index contributed by atoms with van der Waals surface area (Å²) in [6.45, 7) is 4.29. The van der Waals surface area contributed by atoms with Crippen LogP contribution < -0.4 is 4.74 Å². The normalized spacial score (nSPS) is 13.8. The lowest BCUT2D eigenvalue weighted by molar-refractivity contribution is -0.0169. The summed E-state index contributed by atoms with van der Waals surface area (Å²) in [6, 6.07) is 9.06. The summed E-state index contributed by atoms with van der Waals surface area (Å²) in [5.74, 6) is 0.191. The molecule has 28 heavy (non-hydrogen) atoms. The third kappa shape index (κ3) is 3.50. The van der Waals surface area contributed by atoms with Crippen molar-refractivity contribution in [1.82, 2.24) is 14.8 Å². The van der Waals surface area contributed by atoms with E-state index in [-0.39, 0.29) is 17.7 Å². The lowest BCUT2D eigenvalue weighted by Crippen LogP contribution is -2.17. The van der Waals surface area contributed by atoms with Crippen molar-refractivity contribution in [2.75, 3.05) is 6.79 Å². The monoisotopic (exact) mass is 419 g/mol. The second-order valence-electron chi connectivity index (χ2n) is 6.70. The van der Waals surface area contributed by atoms with Gasteiger partial charge in [0, 0.05) is 16.1 Å². The number of halogens is 1. The molecule has 0 N–H and O–H groups in total. The summed E-state index contributed by atoms with van der Waals surface area (Å²) in [5, 5.41) is 8.02. The van der Waals surface area contributed by atoms with Gasteiger partial charge in [0.15, 0.2) is 6.79 Å². The Hall–Kier alpha value is -2.42. The van der Waals surface area contributed by atoms with Gasteiger partial charge in [-0.15, -0.1) is 10.2 Å². The zero-order valence-corrected chi connectivity index (χ0v) is 16.9. The summed E-state index contributed by atoms with van der Waals surface area (Å²) < 4.78 is 38.6. The van der Waals surface area contributed by atoms with E-state index in [1.165, 1.54) is 10.9 Å². The highest BCUT2D eigenvalue weighted by molar-refractivity contribution is 7.90. The van der Waals surface area contributed by atoms with Crippen LogP contribution in [-0.4, -0.2) is 30.0 Å². The van der Waals surface area contributed by atoms with Crippen molar-refractivity contribution in [3.05, 3.63) is 63.9 Å².